The van der Waals surface area contributed by atoms with E-state index in [0.29, 0.717) is 0 Å². The van der Waals surface area contributed by atoms with Gasteiger partial charge in [-0.15, -0.1) is 0 Å². The van der Waals surface area contributed by atoms with Crippen LogP contribution >= 0.6 is 0 Å². The van der Waals surface area contributed by atoms with E-state index in [0.717, 1.165) is 18.4 Å². The van der Waals surface area contributed by atoms with E-state index >= 15 is 0 Å². The normalized spacial score (nSPS) is 32.6. The third-order valence-corrected chi connectivity index (χ3v) is 3.71. The summed E-state index contributed by atoms with van der Waals surface area (Å²) in [6.07, 6.45) is 5.30. The van der Waals surface area contributed by atoms with Gasteiger partial charge in [0.15, 0.2) is 0 Å². The van der Waals surface area contributed by atoms with Crippen LogP contribution in [0.25, 0.3) is 0 Å². The average molecular weight is 199 g/mol. The second-order valence-electron chi connectivity index (χ2n) is 4.96. The zero-order valence-corrected chi connectivity index (χ0v) is 9.79. The summed E-state index contributed by atoms with van der Waals surface area (Å²) < 4.78 is 0. The van der Waals surface area contributed by atoms with Crippen molar-refractivity contribution in [1.82, 2.24) is 5.32 Å². The van der Waals surface area contributed by atoms with Gasteiger partial charge in [-0.05, 0) is 38.6 Å². The first-order valence-corrected chi connectivity index (χ1v) is 6.02. The van der Waals surface area contributed by atoms with Gasteiger partial charge in [-0.3, -0.25) is 0 Å². The molecule has 0 aromatic heterocycles. The molecule has 1 rings (SSSR count). The van der Waals surface area contributed by atoms with Crippen LogP contribution in [0.1, 0.15) is 46.5 Å². The number of rotatable bonds is 4. The summed E-state index contributed by atoms with van der Waals surface area (Å²) in [5.74, 6) is 1.68. The summed E-state index contributed by atoms with van der Waals surface area (Å²) in [6.45, 7) is 7.34. The van der Waals surface area contributed by atoms with Crippen LogP contribution in [0.4, 0.5) is 0 Å². The van der Waals surface area contributed by atoms with Crippen molar-refractivity contribution in [3.8, 4) is 0 Å². The maximum absolute atomic E-state index is 9.35. The lowest BCUT2D eigenvalue weighted by molar-refractivity contribution is 0.142. The van der Waals surface area contributed by atoms with Gasteiger partial charge in [0.25, 0.3) is 0 Å². The van der Waals surface area contributed by atoms with Crippen LogP contribution in [-0.4, -0.2) is 23.8 Å². The monoisotopic (exact) mass is 199 g/mol. The lowest BCUT2D eigenvalue weighted by Gasteiger charge is -2.30. The molecule has 1 aliphatic rings. The van der Waals surface area contributed by atoms with Gasteiger partial charge in [0.05, 0.1) is 6.10 Å². The van der Waals surface area contributed by atoms with E-state index in [4.69, 9.17) is 0 Å². The first kappa shape index (κ1) is 12.0. The van der Waals surface area contributed by atoms with Crippen molar-refractivity contribution in [2.75, 3.05) is 6.54 Å². The number of aliphatic hydroxyl groups excluding tert-OH is 1. The predicted octanol–water partition coefficient (Wildman–Crippen LogP) is 2.17. The highest BCUT2D eigenvalue weighted by Crippen LogP contribution is 2.28. The van der Waals surface area contributed by atoms with E-state index in [2.05, 4.69) is 19.2 Å². The molecule has 1 aliphatic carbocycles. The van der Waals surface area contributed by atoms with E-state index in [9.17, 15) is 5.11 Å². The van der Waals surface area contributed by atoms with Crippen LogP contribution in [0.3, 0.4) is 0 Å². The van der Waals surface area contributed by atoms with Crippen LogP contribution in [0.2, 0.25) is 0 Å². The highest BCUT2D eigenvalue weighted by molar-refractivity contribution is 4.76. The second kappa shape index (κ2) is 5.72. The molecule has 84 valence electrons. The number of nitrogens with one attached hydrogen (secondary N) is 1. The Morgan fingerprint density at radius 1 is 1.29 bits per heavy atom. The predicted molar refractivity (Wildman–Crippen MR) is 60.3 cm³/mol. The van der Waals surface area contributed by atoms with E-state index in [-0.39, 0.29) is 12.1 Å². The minimum atomic E-state index is -0.242. The summed E-state index contributed by atoms with van der Waals surface area (Å²) >= 11 is 0. The van der Waals surface area contributed by atoms with Crippen LogP contribution in [0, 0.1) is 11.8 Å². The summed E-state index contributed by atoms with van der Waals surface area (Å²) in [7, 11) is 0. The third-order valence-electron chi connectivity index (χ3n) is 3.71. The molecule has 1 fully saturated rings. The molecule has 0 bridgehead atoms. The van der Waals surface area contributed by atoms with Crippen molar-refractivity contribution < 1.29 is 5.11 Å². The zero-order chi connectivity index (χ0) is 10.6. The molecule has 0 spiro atoms. The van der Waals surface area contributed by atoms with E-state index in [1.165, 1.54) is 25.7 Å². The molecule has 14 heavy (non-hydrogen) atoms. The minimum Gasteiger partial charge on any atom is -0.392 e. The first-order chi connectivity index (χ1) is 6.61. The topological polar surface area (TPSA) is 32.3 Å². The molecule has 4 atom stereocenters. The molecule has 2 N–H and O–H groups in total. The highest BCUT2D eigenvalue weighted by atomic mass is 16.3. The second-order valence-corrected chi connectivity index (χ2v) is 4.96. The van der Waals surface area contributed by atoms with Crippen LogP contribution in [0.5, 0.6) is 0 Å². The van der Waals surface area contributed by atoms with E-state index < -0.39 is 0 Å². The van der Waals surface area contributed by atoms with Crippen molar-refractivity contribution in [3.63, 3.8) is 0 Å². The van der Waals surface area contributed by atoms with E-state index in [1.54, 1.807) is 0 Å². The largest absolute Gasteiger partial charge is 0.392 e. The Morgan fingerprint density at radius 3 is 2.50 bits per heavy atom. The molecular formula is C12H25NO. The fourth-order valence-electron chi connectivity index (χ4n) is 2.20. The Bertz CT molecular complexity index is 158. The molecular weight excluding hydrogens is 174 g/mol. The van der Waals surface area contributed by atoms with Crippen LogP contribution < -0.4 is 5.32 Å². The van der Waals surface area contributed by atoms with Crippen molar-refractivity contribution >= 4 is 0 Å². The summed E-state index contributed by atoms with van der Waals surface area (Å²) in [6, 6.07) is 0.226. The molecule has 2 nitrogen and oxygen atoms in total. The Morgan fingerprint density at radius 2 is 1.93 bits per heavy atom. The lowest BCUT2D eigenvalue weighted by atomic mass is 9.80. The fraction of sp³-hybridized carbons (Fsp3) is 1.00. The quantitative estimate of drug-likeness (QED) is 0.727. The van der Waals surface area contributed by atoms with Crippen LogP contribution in [-0.2, 0) is 0 Å². The fourth-order valence-corrected chi connectivity index (χ4v) is 2.20. The van der Waals surface area contributed by atoms with Gasteiger partial charge in [0.2, 0.25) is 0 Å². The molecule has 0 aromatic rings. The summed E-state index contributed by atoms with van der Waals surface area (Å²) in [4.78, 5) is 0. The standard InChI is InChI=1S/C12H25NO/c1-9-6-4-5-7-12(9)8-13-10(2)11(3)14/h9-14H,4-8H2,1-3H3. The Hall–Kier alpha value is -0.0800. The summed E-state index contributed by atoms with van der Waals surface area (Å²) in [5, 5.41) is 12.8. The molecule has 1 saturated carbocycles. The SMILES string of the molecule is CC(O)C(C)NCC1CCCCC1C. The Kier molecular flexibility index (Phi) is 4.90. The molecule has 0 aliphatic heterocycles. The zero-order valence-electron chi connectivity index (χ0n) is 9.79. The van der Waals surface area contributed by atoms with Gasteiger partial charge >= 0.3 is 0 Å². The lowest BCUT2D eigenvalue weighted by Crippen LogP contribution is -2.40. The summed E-state index contributed by atoms with van der Waals surface area (Å²) in [5.41, 5.74) is 0. The van der Waals surface area contributed by atoms with Crippen LogP contribution in [0.15, 0.2) is 0 Å². The molecule has 0 saturated heterocycles. The van der Waals surface area contributed by atoms with Gasteiger partial charge in [-0.25, -0.2) is 0 Å². The van der Waals surface area contributed by atoms with Crippen molar-refractivity contribution in [2.45, 2.75) is 58.6 Å². The Labute approximate surface area is 88.1 Å². The van der Waals surface area contributed by atoms with Gasteiger partial charge in [0.1, 0.15) is 0 Å². The maximum atomic E-state index is 9.35. The van der Waals surface area contributed by atoms with Crippen molar-refractivity contribution in [2.24, 2.45) is 11.8 Å². The maximum Gasteiger partial charge on any atom is 0.0662 e. The number of aliphatic hydroxyl groups is 1. The van der Waals surface area contributed by atoms with Gasteiger partial charge in [-0.2, -0.15) is 0 Å². The van der Waals surface area contributed by atoms with Gasteiger partial charge in [0, 0.05) is 6.04 Å². The third kappa shape index (κ3) is 3.58. The van der Waals surface area contributed by atoms with Gasteiger partial charge in [-0.1, -0.05) is 26.2 Å². The van der Waals surface area contributed by atoms with Gasteiger partial charge < -0.3 is 10.4 Å². The Balaban J connectivity index is 2.22. The van der Waals surface area contributed by atoms with Crippen molar-refractivity contribution in [1.29, 1.82) is 0 Å². The molecule has 0 amide bonds. The van der Waals surface area contributed by atoms with E-state index in [1.807, 2.05) is 6.92 Å². The van der Waals surface area contributed by atoms with Crippen molar-refractivity contribution in [3.05, 3.63) is 0 Å². The molecule has 0 heterocycles. The molecule has 0 aromatic carbocycles. The average Bonchev–Trinajstić information content (AvgIpc) is 2.16. The number of hydrogen-bond acceptors (Lipinski definition) is 2. The molecule has 0 radical (unpaired) electrons. The minimum absolute atomic E-state index is 0.226. The smallest absolute Gasteiger partial charge is 0.0662 e. The molecule has 2 heteroatoms. The molecule has 4 unspecified atom stereocenters. The first-order valence-electron chi connectivity index (χ1n) is 6.02. The number of hydrogen-bond donors (Lipinski definition) is 2. The highest BCUT2D eigenvalue weighted by Gasteiger charge is 2.21.